The Labute approximate surface area is 57.4 Å². The third-order valence-corrected chi connectivity index (χ3v) is 1.84. The maximum Gasteiger partial charge on any atom is 0.141 e. The third-order valence-electron chi connectivity index (χ3n) is 0.941. The molecule has 2 heteroatoms. The molecular weight excluding hydrogens is 128 g/mol. The quantitative estimate of drug-likeness (QED) is 0.280. The Hall–Kier alpha value is -0.263. The van der Waals surface area contributed by atoms with Crippen LogP contribution in [0.1, 0.15) is 0 Å². The number of ether oxygens (including phenoxy) is 1. The van der Waals surface area contributed by atoms with Crippen LogP contribution in [-0.4, -0.2) is 20.8 Å². The summed E-state index contributed by atoms with van der Waals surface area (Å²) >= 11 is 0. The predicted molar refractivity (Wildman–Crippen MR) is 40.9 cm³/mol. The van der Waals surface area contributed by atoms with Crippen LogP contribution in [-0.2, 0) is 4.74 Å². The zero-order chi connectivity index (χ0) is 6.91. The minimum Gasteiger partial charge on any atom is -0.359 e. The van der Waals surface area contributed by atoms with Crippen LogP contribution in [0.25, 0.3) is 0 Å². The second kappa shape index (κ2) is 2.16. The van der Waals surface area contributed by atoms with Gasteiger partial charge in [-0.2, -0.15) is 0 Å². The largest absolute Gasteiger partial charge is 0.359 e. The van der Waals surface area contributed by atoms with Crippen molar-refractivity contribution in [2.75, 3.05) is 6.61 Å². The van der Waals surface area contributed by atoms with Crippen molar-refractivity contribution in [2.24, 2.45) is 0 Å². The standard InChI is InChI=1S/C7H12OSi/c1-9(2,3)5-4-7-6-8-7/h7H,6H2,1-3H3/t7-/m0/s1. The topological polar surface area (TPSA) is 12.5 Å². The molecule has 1 nitrogen and oxygen atoms in total. The second-order valence-electron chi connectivity index (χ2n) is 3.34. The average molecular weight is 140 g/mol. The van der Waals surface area contributed by atoms with Gasteiger partial charge in [-0.1, -0.05) is 25.6 Å². The summed E-state index contributed by atoms with van der Waals surface area (Å²) in [5.41, 5.74) is 3.25. The molecule has 1 heterocycles. The zero-order valence-corrected chi connectivity index (χ0v) is 7.19. The Morgan fingerprint density at radius 1 is 1.44 bits per heavy atom. The van der Waals surface area contributed by atoms with E-state index in [9.17, 15) is 0 Å². The molecule has 0 aliphatic carbocycles. The first kappa shape index (κ1) is 6.85. The lowest BCUT2D eigenvalue weighted by molar-refractivity contribution is 0.445. The van der Waals surface area contributed by atoms with E-state index in [-0.39, 0.29) is 6.10 Å². The second-order valence-corrected chi connectivity index (χ2v) is 8.09. The smallest absolute Gasteiger partial charge is 0.141 e. The first-order chi connectivity index (χ1) is 4.08. The summed E-state index contributed by atoms with van der Waals surface area (Å²) in [6.07, 6.45) is 0.289. The molecule has 0 saturated carbocycles. The Kier molecular flexibility index (Phi) is 1.65. The van der Waals surface area contributed by atoms with E-state index in [4.69, 9.17) is 4.74 Å². The highest BCUT2D eigenvalue weighted by Gasteiger charge is 2.19. The van der Waals surface area contributed by atoms with Crippen molar-refractivity contribution in [3.8, 4) is 11.5 Å². The minimum absolute atomic E-state index is 0.289. The van der Waals surface area contributed by atoms with E-state index in [0.717, 1.165) is 6.61 Å². The first-order valence-electron chi connectivity index (χ1n) is 3.22. The van der Waals surface area contributed by atoms with E-state index in [1.165, 1.54) is 0 Å². The molecule has 0 unspecified atom stereocenters. The van der Waals surface area contributed by atoms with Crippen LogP contribution >= 0.6 is 0 Å². The molecule has 0 amide bonds. The SMILES string of the molecule is C[Si](C)(C)C#C[C@H]1CO1. The van der Waals surface area contributed by atoms with Crippen LogP contribution in [0.3, 0.4) is 0 Å². The van der Waals surface area contributed by atoms with Gasteiger partial charge in [-0.25, -0.2) is 0 Å². The van der Waals surface area contributed by atoms with Gasteiger partial charge in [0.2, 0.25) is 0 Å². The van der Waals surface area contributed by atoms with E-state index in [0.29, 0.717) is 0 Å². The van der Waals surface area contributed by atoms with Crippen LogP contribution in [0.2, 0.25) is 19.6 Å². The number of epoxide rings is 1. The van der Waals surface area contributed by atoms with E-state index in [1.807, 2.05) is 0 Å². The maximum atomic E-state index is 4.95. The molecule has 0 radical (unpaired) electrons. The van der Waals surface area contributed by atoms with Crippen molar-refractivity contribution in [2.45, 2.75) is 25.7 Å². The van der Waals surface area contributed by atoms with Gasteiger partial charge in [-0.05, 0) is 0 Å². The lowest BCUT2D eigenvalue weighted by Crippen LogP contribution is -2.16. The van der Waals surface area contributed by atoms with Crippen LogP contribution in [0.5, 0.6) is 0 Å². The molecule has 0 aromatic rings. The van der Waals surface area contributed by atoms with Gasteiger partial charge < -0.3 is 4.74 Å². The molecule has 0 N–H and O–H groups in total. The van der Waals surface area contributed by atoms with Gasteiger partial charge in [0.15, 0.2) is 0 Å². The average Bonchev–Trinajstić information content (AvgIpc) is 2.38. The normalized spacial score (nSPS) is 24.6. The highest BCUT2D eigenvalue weighted by molar-refractivity contribution is 6.83. The molecule has 50 valence electrons. The molecule has 1 aliphatic rings. The fourth-order valence-electron chi connectivity index (χ4n) is 0.428. The summed E-state index contributed by atoms with van der Waals surface area (Å²) < 4.78 is 4.95. The van der Waals surface area contributed by atoms with Gasteiger partial charge in [0.05, 0.1) is 6.61 Å². The van der Waals surface area contributed by atoms with Crippen LogP contribution in [0.4, 0.5) is 0 Å². The van der Waals surface area contributed by atoms with Crippen molar-refractivity contribution in [1.29, 1.82) is 0 Å². The minimum atomic E-state index is -1.12. The number of hydrogen-bond acceptors (Lipinski definition) is 1. The molecule has 1 rings (SSSR count). The zero-order valence-electron chi connectivity index (χ0n) is 6.19. The van der Waals surface area contributed by atoms with Gasteiger partial charge in [0.1, 0.15) is 14.2 Å². The van der Waals surface area contributed by atoms with E-state index in [2.05, 4.69) is 31.1 Å². The van der Waals surface area contributed by atoms with E-state index in [1.54, 1.807) is 0 Å². The third kappa shape index (κ3) is 3.34. The molecule has 1 fully saturated rings. The van der Waals surface area contributed by atoms with Gasteiger partial charge >= 0.3 is 0 Å². The predicted octanol–water partition coefficient (Wildman–Crippen LogP) is 1.27. The van der Waals surface area contributed by atoms with Crippen molar-refractivity contribution >= 4 is 8.07 Å². The van der Waals surface area contributed by atoms with Crippen molar-refractivity contribution in [1.82, 2.24) is 0 Å². The highest BCUT2D eigenvalue weighted by Crippen LogP contribution is 2.07. The summed E-state index contributed by atoms with van der Waals surface area (Å²) in [6.45, 7) is 7.57. The van der Waals surface area contributed by atoms with Gasteiger partial charge in [-0.15, -0.1) is 5.54 Å². The summed E-state index contributed by atoms with van der Waals surface area (Å²) in [5, 5.41) is 0. The fraction of sp³-hybridized carbons (Fsp3) is 0.714. The number of hydrogen-bond donors (Lipinski definition) is 0. The Morgan fingerprint density at radius 2 is 2.00 bits per heavy atom. The molecule has 0 aromatic carbocycles. The maximum absolute atomic E-state index is 4.95. The molecule has 9 heavy (non-hydrogen) atoms. The molecule has 1 saturated heterocycles. The fourth-order valence-corrected chi connectivity index (χ4v) is 1.02. The number of rotatable bonds is 0. The lowest BCUT2D eigenvalue weighted by Gasteiger charge is -2.02. The summed E-state index contributed by atoms with van der Waals surface area (Å²) in [7, 11) is -1.12. The van der Waals surface area contributed by atoms with Gasteiger partial charge in [0.25, 0.3) is 0 Å². The summed E-state index contributed by atoms with van der Waals surface area (Å²) in [6, 6.07) is 0. The molecule has 1 aliphatic heterocycles. The Balaban J connectivity index is 2.39. The molecule has 0 bridgehead atoms. The van der Waals surface area contributed by atoms with E-state index < -0.39 is 8.07 Å². The van der Waals surface area contributed by atoms with Crippen LogP contribution < -0.4 is 0 Å². The van der Waals surface area contributed by atoms with Crippen molar-refractivity contribution < 1.29 is 4.74 Å². The summed E-state index contributed by atoms with van der Waals surface area (Å²) in [5.74, 6) is 3.09. The first-order valence-corrected chi connectivity index (χ1v) is 6.72. The highest BCUT2D eigenvalue weighted by atomic mass is 28.3. The molecule has 1 atom stereocenters. The Bertz CT molecular complexity index is 154. The van der Waals surface area contributed by atoms with Crippen molar-refractivity contribution in [3.63, 3.8) is 0 Å². The Morgan fingerprint density at radius 3 is 2.33 bits per heavy atom. The van der Waals surface area contributed by atoms with Gasteiger partial charge in [-0.3, -0.25) is 0 Å². The van der Waals surface area contributed by atoms with Crippen molar-refractivity contribution in [3.05, 3.63) is 0 Å². The van der Waals surface area contributed by atoms with Crippen LogP contribution in [0.15, 0.2) is 0 Å². The monoisotopic (exact) mass is 140 g/mol. The molecular formula is C7H12OSi. The van der Waals surface area contributed by atoms with E-state index >= 15 is 0 Å². The van der Waals surface area contributed by atoms with Gasteiger partial charge in [0, 0.05) is 0 Å². The molecule has 0 spiro atoms. The lowest BCUT2D eigenvalue weighted by atomic mass is 10.5. The summed E-state index contributed by atoms with van der Waals surface area (Å²) in [4.78, 5) is 0. The molecule has 0 aromatic heterocycles. The van der Waals surface area contributed by atoms with Crippen LogP contribution in [0, 0.1) is 11.5 Å².